The predicted molar refractivity (Wildman–Crippen MR) is 86.0 cm³/mol. The highest BCUT2D eigenvalue weighted by molar-refractivity contribution is 7.88. The fourth-order valence-corrected chi connectivity index (χ4v) is 4.46. The minimum atomic E-state index is -3.30. The zero-order valence-electron chi connectivity index (χ0n) is 13.9. The fraction of sp³-hybridized carbons (Fsp3) is 0.733. The van der Waals surface area contributed by atoms with E-state index in [1.54, 1.807) is 17.9 Å². The normalized spacial score (nSPS) is 24.2. The lowest BCUT2D eigenvalue weighted by atomic mass is 9.69. The third-order valence-corrected chi connectivity index (χ3v) is 5.73. The number of amides is 1. The summed E-state index contributed by atoms with van der Waals surface area (Å²) in [6.07, 6.45) is 3.45. The van der Waals surface area contributed by atoms with Crippen molar-refractivity contribution in [3.05, 3.63) is 17.5 Å². The van der Waals surface area contributed by atoms with Gasteiger partial charge in [-0.25, -0.2) is 13.1 Å². The molecule has 0 bridgehead atoms. The maximum absolute atomic E-state index is 12.5. The predicted octanol–water partition coefficient (Wildman–Crippen LogP) is 0.544. The highest BCUT2D eigenvalue weighted by Crippen LogP contribution is 2.41. The Hall–Kier alpha value is -1.45. The Morgan fingerprint density at radius 2 is 2.08 bits per heavy atom. The standard InChI is InChI=1S/C15H23N3O5S/c1-11-9-12(16-23-11)14(19)18-6-3-15(4-7-18)5-8-22-10-13(15)17-24(2,20)21/h9,13,17H,3-8,10H2,1-2H3. The number of carbonyl (C=O) groups is 1. The highest BCUT2D eigenvalue weighted by atomic mass is 32.2. The molecule has 2 saturated heterocycles. The molecule has 3 heterocycles. The lowest BCUT2D eigenvalue weighted by molar-refractivity contribution is -0.0401. The molecule has 0 saturated carbocycles. The van der Waals surface area contributed by atoms with Gasteiger partial charge in [-0.15, -0.1) is 0 Å². The molecule has 9 heteroatoms. The molecule has 0 aromatic carbocycles. The molecular weight excluding hydrogens is 334 g/mol. The van der Waals surface area contributed by atoms with Gasteiger partial charge in [0.1, 0.15) is 5.76 Å². The molecule has 1 aromatic heterocycles. The van der Waals surface area contributed by atoms with Gasteiger partial charge in [0.2, 0.25) is 10.0 Å². The Labute approximate surface area is 141 Å². The highest BCUT2D eigenvalue weighted by Gasteiger charge is 2.45. The molecule has 0 radical (unpaired) electrons. The number of aromatic nitrogens is 1. The summed E-state index contributed by atoms with van der Waals surface area (Å²) in [7, 11) is -3.30. The van der Waals surface area contributed by atoms with Crippen molar-refractivity contribution in [3.8, 4) is 0 Å². The summed E-state index contributed by atoms with van der Waals surface area (Å²) in [5.74, 6) is 0.468. The molecule has 0 aliphatic carbocycles. The first kappa shape index (κ1) is 17.4. The van der Waals surface area contributed by atoms with Crippen LogP contribution in [-0.2, 0) is 14.8 Å². The SMILES string of the molecule is Cc1cc(C(=O)N2CCC3(CCOCC3NS(C)(=O)=O)CC2)no1. The van der Waals surface area contributed by atoms with Crippen molar-refractivity contribution >= 4 is 15.9 Å². The second-order valence-corrected chi connectivity index (χ2v) is 8.52. The Morgan fingerprint density at radius 3 is 2.67 bits per heavy atom. The van der Waals surface area contributed by atoms with Gasteiger partial charge >= 0.3 is 0 Å². The van der Waals surface area contributed by atoms with Crippen LogP contribution in [0.4, 0.5) is 0 Å². The van der Waals surface area contributed by atoms with Crippen molar-refractivity contribution in [1.82, 2.24) is 14.8 Å². The van der Waals surface area contributed by atoms with Crippen LogP contribution in [0.2, 0.25) is 0 Å². The van der Waals surface area contributed by atoms with E-state index in [0.29, 0.717) is 37.8 Å². The number of carbonyl (C=O) groups excluding carboxylic acids is 1. The molecule has 2 aliphatic rings. The van der Waals surface area contributed by atoms with E-state index in [9.17, 15) is 13.2 Å². The summed E-state index contributed by atoms with van der Waals surface area (Å²) < 4.78 is 36.4. The monoisotopic (exact) mass is 357 g/mol. The third-order valence-electron chi connectivity index (χ3n) is 5.02. The molecule has 1 atom stereocenters. The first-order chi connectivity index (χ1) is 11.3. The molecule has 1 aromatic rings. The minimum Gasteiger partial charge on any atom is -0.380 e. The van der Waals surface area contributed by atoms with Crippen LogP contribution in [0, 0.1) is 12.3 Å². The topological polar surface area (TPSA) is 102 Å². The van der Waals surface area contributed by atoms with Gasteiger partial charge in [0.15, 0.2) is 5.69 Å². The van der Waals surface area contributed by atoms with Crippen molar-refractivity contribution in [2.24, 2.45) is 5.41 Å². The van der Waals surface area contributed by atoms with Crippen molar-refractivity contribution in [1.29, 1.82) is 0 Å². The molecule has 1 N–H and O–H groups in total. The van der Waals surface area contributed by atoms with Crippen LogP contribution in [0.15, 0.2) is 10.6 Å². The third kappa shape index (κ3) is 3.62. The Balaban J connectivity index is 1.69. The molecule has 1 amide bonds. The van der Waals surface area contributed by atoms with Gasteiger partial charge in [0, 0.05) is 25.8 Å². The summed E-state index contributed by atoms with van der Waals surface area (Å²) in [5, 5.41) is 3.78. The minimum absolute atomic E-state index is 0.138. The average Bonchev–Trinajstić information content (AvgIpc) is 2.95. The van der Waals surface area contributed by atoms with Gasteiger partial charge in [-0.05, 0) is 31.6 Å². The van der Waals surface area contributed by atoms with Crippen LogP contribution < -0.4 is 4.72 Å². The summed E-state index contributed by atoms with van der Waals surface area (Å²) in [6, 6.07) is 1.39. The Bertz CT molecular complexity index is 706. The Morgan fingerprint density at radius 1 is 1.38 bits per heavy atom. The summed E-state index contributed by atoms with van der Waals surface area (Å²) >= 11 is 0. The molecule has 1 unspecified atom stereocenters. The fourth-order valence-electron chi connectivity index (χ4n) is 3.63. The quantitative estimate of drug-likeness (QED) is 0.847. The van der Waals surface area contributed by atoms with Gasteiger partial charge in [-0.1, -0.05) is 5.16 Å². The molecule has 2 fully saturated rings. The van der Waals surface area contributed by atoms with Crippen molar-refractivity contribution in [3.63, 3.8) is 0 Å². The van der Waals surface area contributed by atoms with Crippen LogP contribution in [0.3, 0.4) is 0 Å². The number of nitrogens with zero attached hydrogens (tertiary/aromatic N) is 2. The molecular formula is C15H23N3O5S. The van der Waals surface area contributed by atoms with E-state index in [1.807, 2.05) is 0 Å². The van der Waals surface area contributed by atoms with Crippen molar-refractivity contribution < 1.29 is 22.5 Å². The lowest BCUT2D eigenvalue weighted by Crippen LogP contribution is -2.57. The van der Waals surface area contributed by atoms with Crippen LogP contribution in [-0.4, -0.2) is 63.0 Å². The smallest absolute Gasteiger partial charge is 0.276 e. The second-order valence-electron chi connectivity index (χ2n) is 6.74. The number of hydrogen-bond donors (Lipinski definition) is 1. The van der Waals surface area contributed by atoms with Gasteiger partial charge in [0.05, 0.1) is 18.9 Å². The van der Waals surface area contributed by atoms with Gasteiger partial charge in [0.25, 0.3) is 5.91 Å². The molecule has 3 rings (SSSR count). The number of piperidine rings is 1. The Kier molecular flexibility index (Phi) is 4.67. The van der Waals surface area contributed by atoms with E-state index in [1.165, 1.54) is 6.26 Å². The van der Waals surface area contributed by atoms with E-state index in [0.717, 1.165) is 19.3 Å². The number of sulfonamides is 1. The number of hydrogen-bond acceptors (Lipinski definition) is 6. The molecule has 134 valence electrons. The van der Waals surface area contributed by atoms with E-state index in [2.05, 4.69) is 9.88 Å². The molecule has 24 heavy (non-hydrogen) atoms. The molecule has 8 nitrogen and oxygen atoms in total. The van der Waals surface area contributed by atoms with E-state index < -0.39 is 10.0 Å². The number of nitrogens with one attached hydrogen (secondary N) is 1. The number of ether oxygens (including phenoxy) is 1. The zero-order valence-corrected chi connectivity index (χ0v) is 14.8. The van der Waals surface area contributed by atoms with E-state index in [-0.39, 0.29) is 17.4 Å². The summed E-state index contributed by atoms with van der Waals surface area (Å²) in [5.41, 5.74) is 0.166. The van der Waals surface area contributed by atoms with E-state index in [4.69, 9.17) is 9.26 Å². The number of likely N-dealkylation sites (tertiary alicyclic amines) is 1. The van der Waals surface area contributed by atoms with Crippen LogP contribution in [0.5, 0.6) is 0 Å². The molecule has 1 spiro atoms. The zero-order chi connectivity index (χ0) is 17.4. The first-order valence-electron chi connectivity index (χ1n) is 8.07. The summed E-state index contributed by atoms with van der Waals surface area (Å²) in [6.45, 7) is 3.90. The number of rotatable bonds is 3. The van der Waals surface area contributed by atoms with Crippen LogP contribution >= 0.6 is 0 Å². The molecule has 2 aliphatic heterocycles. The maximum atomic E-state index is 12.5. The van der Waals surface area contributed by atoms with Crippen molar-refractivity contribution in [2.75, 3.05) is 32.6 Å². The van der Waals surface area contributed by atoms with Crippen molar-refractivity contribution in [2.45, 2.75) is 32.2 Å². The van der Waals surface area contributed by atoms with Crippen LogP contribution in [0.25, 0.3) is 0 Å². The van der Waals surface area contributed by atoms with E-state index >= 15 is 0 Å². The lowest BCUT2D eigenvalue weighted by Gasteiger charge is -2.48. The van der Waals surface area contributed by atoms with Gasteiger partial charge in [-0.3, -0.25) is 4.79 Å². The van der Waals surface area contributed by atoms with Gasteiger partial charge in [-0.2, -0.15) is 0 Å². The van der Waals surface area contributed by atoms with Gasteiger partial charge < -0.3 is 14.2 Å². The number of aryl methyl sites for hydroxylation is 1. The van der Waals surface area contributed by atoms with Crippen LogP contribution in [0.1, 0.15) is 35.5 Å². The summed E-state index contributed by atoms with van der Waals surface area (Å²) in [4.78, 5) is 14.2. The average molecular weight is 357 g/mol. The largest absolute Gasteiger partial charge is 0.380 e. The first-order valence-corrected chi connectivity index (χ1v) is 9.96. The second kappa shape index (κ2) is 6.45. The maximum Gasteiger partial charge on any atom is 0.276 e.